The number of carbonyl (C=O) groups is 1. The van der Waals surface area contributed by atoms with Crippen LogP contribution in [0.3, 0.4) is 0 Å². The summed E-state index contributed by atoms with van der Waals surface area (Å²) < 4.78 is 0. The van der Waals surface area contributed by atoms with Gasteiger partial charge in [-0.3, -0.25) is 9.78 Å². The highest BCUT2D eigenvalue weighted by Gasteiger charge is 2.33. The normalized spacial score (nSPS) is 11.7. The van der Waals surface area contributed by atoms with Gasteiger partial charge in [-0.05, 0) is 25.0 Å². The van der Waals surface area contributed by atoms with Crippen LogP contribution >= 0.6 is 0 Å². The SMILES string of the molecule is CCC(CC)(CN)C(=O)c1ccc2cccnc2c1. The molecule has 1 heterocycles. The number of ketones is 1. The third-order valence-corrected chi connectivity index (χ3v) is 4.09. The molecule has 0 aliphatic heterocycles. The van der Waals surface area contributed by atoms with Crippen molar-refractivity contribution in [2.45, 2.75) is 26.7 Å². The highest BCUT2D eigenvalue weighted by Crippen LogP contribution is 2.30. The summed E-state index contributed by atoms with van der Waals surface area (Å²) in [5, 5.41) is 1.05. The number of fused-ring (bicyclic) bond motifs is 1. The molecule has 2 aromatic rings. The van der Waals surface area contributed by atoms with Crippen molar-refractivity contribution in [3.05, 3.63) is 42.1 Å². The van der Waals surface area contributed by atoms with Crippen molar-refractivity contribution in [1.29, 1.82) is 0 Å². The Labute approximate surface area is 113 Å². The molecular weight excluding hydrogens is 236 g/mol. The van der Waals surface area contributed by atoms with E-state index in [-0.39, 0.29) is 5.78 Å². The molecule has 0 atom stereocenters. The van der Waals surface area contributed by atoms with Gasteiger partial charge in [0.25, 0.3) is 0 Å². The fourth-order valence-electron chi connectivity index (χ4n) is 2.47. The Hall–Kier alpha value is -1.74. The highest BCUT2D eigenvalue weighted by atomic mass is 16.1. The molecule has 0 saturated carbocycles. The molecule has 0 saturated heterocycles. The van der Waals surface area contributed by atoms with Gasteiger partial charge in [-0.15, -0.1) is 0 Å². The number of Topliss-reactive ketones (excluding diaryl/α,β-unsaturated/α-hetero) is 1. The van der Waals surface area contributed by atoms with E-state index in [0.717, 1.165) is 23.7 Å². The van der Waals surface area contributed by atoms with Crippen LogP contribution in [-0.4, -0.2) is 17.3 Å². The second-order valence-electron chi connectivity index (χ2n) is 4.93. The van der Waals surface area contributed by atoms with Crippen LogP contribution in [0.1, 0.15) is 37.0 Å². The summed E-state index contributed by atoms with van der Waals surface area (Å²) >= 11 is 0. The molecule has 0 bridgehead atoms. The molecule has 100 valence electrons. The van der Waals surface area contributed by atoms with E-state index in [9.17, 15) is 4.79 Å². The standard InChI is InChI=1S/C16H20N2O/c1-3-16(4-2,11-17)15(19)13-8-7-12-6-5-9-18-14(12)10-13/h5-10H,3-4,11,17H2,1-2H3. The van der Waals surface area contributed by atoms with Crippen molar-refractivity contribution in [1.82, 2.24) is 4.98 Å². The zero-order chi connectivity index (χ0) is 13.9. The number of pyridine rings is 1. The van der Waals surface area contributed by atoms with Crippen LogP contribution in [0.5, 0.6) is 0 Å². The second kappa shape index (κ2) is 5.49. The Bertz CT molecular complexity index is 580. The fraction of sp³-hybridized carbons (Fsp3) is 0.375. The fourth-order valence-corrected chi connectivity index (χ4v) is 2.47. The molecule has 1 aromatic carbocycles. The highest BCUT2D eigenvalue weighted by molar-refractivity contribution is 6.03. The Morgan fingerprint density at radius 1 is 1.26 bits per heavy atom. The van der Waals surface area contributed by atoms with E-state index in [2.05, 4.69) is 4.98 Å². The van der Waals surface area contributed by atoms with E-state index in [1.54, 1.807) is 6.20 Å². The van der Waals surface area contributed by atoms with E-state index < -0.39 is 5.41 Å². The van der Waals surface area contributed by atoms with E-state index in [1.807, 2.05) is 44.2 Å². The maximum Gasteiger partial charge on any atom is 0.170 e. The zero-order valence-electron chi connectivity index (χ0n) is 11.5. The van der Waals surface area contributed by atoms with E-state index in [4.69, 9.17) is 5.73 Å². The molecule has 3 nitrogen and oxygen atoms in total. The topological polar surface area (TPSA) is 56.0 Å². The summed E-state index contributed by atoms with van der Waals surface area (Å²) in [7, 11) is 0. The first-order valence-electron chi connectivity index (χ1n) is 6.76. The molecule has 0 radical (unpaired) electrons. The molecule has 2 N–H and O–H groups in total. The van der Waals surface area contributed by atoms with E-state index >= 15 is 0 Å². The Kier molecular flexibility index (Phi) is 3.96. The largest absolute Gasteiger partial charge is 0.329 e. The number of hydrogen-bond donors (Lipinski definition) is 1. The average Bonchev–Trinajstić information content (AvgIpc) is 2.49. The lowest BCUT2D eigenvalue weighted by molar-refractivity contribution is 0.0787. The molecule has 0 aliphatic carbocycles. The lowest BCUT2D eigenvalue weighted by atomic mass is 9.76. The van der Waals surface area contributed by atoms with Crippen molar-refractivity contribution >= 4 is 16.7 Å². The summed E-state index contributed by atoms with van der Waals surface area (Å²) in [6.07, 6.45) is 3.27. The lowest BCUT2D eigenvalue weighted by Crippen LogP contribution is -2.37. The number of hydrogen-bond acceptors (Lipinski definition) is 3. The molecule has 0 fully saturated rings. The van der Waals surface area contributed by atoms with Gasteiger partial charge in [0.1, 0.15) is 0 Å². The molecule has 0 aliphatic rings. The van der Waals surface area contributed by atoms with E-state index in [0.29, 0.717) is 12.1 Å². The Morgan fingerprint density at radius 2 is 2.00 bits per heavy atom. The van der Waals surface area contributed by atoms with Crippen LogP contribution in [0.2, 0.25) is 0 Å². The van der Waals surface area contributed by atoms with Crippen molar-refractivity contribution in [3.8, 4) is 0 Å². The third-order valence-electron chi connectivity index (χ3n) is 4.09. The predicted molar refractivity (Wildman–Crippen MR) is 78.1 cm³/mol. The molecule has 0 spiro atoms. The summed E-state index contributed by atoms with van der Waals surface area (Å²) in [5.74, 6) is 0.132. The van der Waals surface area contributed by atoms with Crippen molar-refractivity contribution < 1.29 is 4.79 Å². The van der Waals surface area contributed by atoms with Gasteiger partial charge in [0.15, 0.2) is 5.78 Å². The number of carbonyl (C=O) groups excluding carboxylic acids is 1. The van der Waals surface area contributed by atoms with Gasteiger partial charge in [0.2, 0.25) is 0 Å². The summed E-state index contributed by atoms with van der Waals surface area (Å²) in [6.45, 7) is 4.43. The van der Waals surface area contributed by atoms with Crippen molar-refractivity contribution in [2.24, 2.45) is 11.1 Å². The Morgan fingerprint density at radius 3 is 2.63 bits per heavy atom. The van der Waals surface area contributed by atoms with Crippen LogP contribution in [0.25, 0.3) is 10.9 Å². The van der Waals surface area contributed by atoms with Crippen LogP contribution < -0.4 is 5.73 Å². The number of benzene rings is 1. The molecular formula is C16H20N2O. The Balaban J connectivity index is 2.46. The first kappa shape index (κ1) is 13.7. The smallest absolute Gasteiger partial charge is 0.170 e. The average molecular weight is 256 g/mol. The van der Waals surface area contributed by atoms with Crippen molar-refractivity contribution in [2.75, 3.05) is 6.54 Å². The minimum atomic E-state index is -0.442. The second-order valence-corrected chi connectivity index (χ2v) is 4.93. The van der Waals surface area contributed by atoms with Gasteiger partial charge in [0, 0.05) is 29.1 Å². The number of aromatic nitrogens is 1. The minimum Gasteiger partial charge on any atom is -0.329 e. The molecule has 0 amide bonds. The molecule has 0 unspecified atom stereocenters. The molecule has 3 heteroatoms. The minimum absolute atomic E-state index is 0.132. The quantitative estimate of drug-likeness (QED) is 0.836. The number of nitrogens with zero attached hydrogens (tertiary/aromatic N) is 1. The van der Waals surface area contributed by atoms with Crippen LogP contribution in [0.4, 0.5) is 0 Å². The van der Waals surface area contributed by atoms with Crippen LogP contribution in [-0.2, 0) is 0 Å². The van der Waals surface area contributed by atoms with Gasteiger partial charge >= 0.3 is 0 Å². The van der Waals surface area contributed by atoms with E-state index in [1.165, 1.54) is 0 Å². The zero-order valence-corrected chi connectivity index (χ0v) is 11.5. The van der Waals surface area contributed by atoms with Gasteiger partial charge in [-0.2, -0.15) is 0 Å². The summed E-state index contributed by atoms with van der Waals surface area (Å²) in [4.78, 5) is 17.0. The number of nitrogens with two attached hydrogens (primary N) is 1. The number of rotatable bonds is 5. The summed E-state index contributed by atoms with van der Waals surface area (Å²) in [6, 6.07) is 9.58. The van der Waals surface area contributed by atoms with Crippen molar-refractivity contribution in [3.63, 3.8) is 0 Å². The first-order chi connectivity index (χ1) is 9.16. The van der Waals surface area contributed by atoms with Crippen LogP contribution in [0.15, 0.2) is 36.5 Å². The van der Waals surface area contributed by atoms with Crippen LogP contribution in [0, 0.1) is 5.41 Å². The molecule has 19 heavy (non-hydrogen) atoms. The lowest BCUT2D eigenvalue weighted by Gasteiger charge is -2.28. The molecule has 1 aromatic heterocycles. The molecule has 2 rings (SSSR count). The maximum atomic E-state index is 12.7. The van der Waals surface area contributed by atoms with Gasteiger partial charge in [-0.1, -0.05) is 32.0 Å². The maximum absolute atomic E-state index is 12.7. The van der Waals surface area contributed by atoms with Gasteiger partial charge < -0.3 is 5.73 Å². The van der Waals surface area contributed by atoms with Gasteiger partial charge in [-0.25, -0.2) is 0 Å². The van der Waals surface area contributed by atoms with Gasteiger partial charge in [0.05, 0.1) is 5.52 Å². The third kappa shape index (κ3) is 2.38. The predicted octanol–water partition coefficient (Wildman–Crippen LogP) is 3.18. The summed E-state index contributed by atoms with van der Waals surface area (Å²) in [5.41, 5.74) is 6.96. The monoisotopic (exact) mass is 256 g/mol. The first-order valence-corrected chi connectivity index (χ1v) is 6.76.